The molecule has 3 aromatic rings. The number of phenols is 1. The maximum atomic E-state index is 10.4. The summed E-state index contributed by atoms with van der Waals surface area (Å²) in [7, 11) is 1.58. The van der Waals surface area contributed by atoms with Crippen molar-refractivity contribution in [2.75, 3.05) is 7.11 Å². The molecule has 2 aromatic carbocycles. The number of nitrogens with zero attached hydrogens (tertiary/aromatic N) is 1. The van der Waals surface area contributed by atoms with E-state index in [1.807, 2.05) is 18.3 Å². The van der Waals surface area contributed by atoms with E-state index in [-0.39, 0.29) is 5.75 Å². The standard InChI is InChI=1S/C20H19NO2/c1-12-8-15-6-7-21-11-17-14(4-5-19(23-3)20(17)22)10-18(21)16(15)9-13(12)2/h4-5,8-11H,6-7H2,1-3H3/p+1. The van der Waals surface area contributed by atoms with Crippen LogP contribution in [0.25, 0.3) is 22.0 Å². The van der Waals surface area contributed by atoms with Crippen LogP contribution >= 0.6 is 0 Å². The summed E-state index contributed by atoms with van der Waals surface area (Å²) in [6.07, 6.45) is 3.06. The highest BCUT2D eigenvalue weighted by atomic mass is 16.5. The fourth-order valence-corrected chi connectivity index (χ4v) is 3.47. The van der Waals surface area contributed by atoms with Crippen molar-refractivity contribution in [3.63, 3.8) is 0 Å². The van der Waals surface area contributed by atoms with Crippen LogP contribution in [0.3, 0.4) is 0 Å². The van der Waals surface area contributed by atoms with E-state index in [1.54, 1.807) is 7.11 Å². The van der Waals surface area contributed by atoms with Gasteiger partial charge in [0, 0.05) is 18.1 Å². The van der Waals surface area contributed by atoms with E-state index < -0.39 is 0 Å². The first-order chi connectivity index (χ1) is 11.1. The number of fused-ring (bicyclic) bond motifs is 4. The van der Waals surface area contributed by atoms with Crippen molar-refractivity contribution in [1.29, 1.82) is 0 Å². The lowest BCUT2D eigenvalue weighted by atomic mass is 9.92. The molecule has 23 heavy (non-hydrogen) atoms. The molecule has 116 valence electrons. The Morgan fingerprint density at radius 2 is 1.87 bits per heavy atom. The molecule has 0 radical (unpaired) electrons. The molecule has 0 bridgehead atoms. The molecule has 0 amide bonds. The van der Waals surface area contributed by atoms with E-state index in [2.05, 4.69) is 36.6 Å². The highest BCUT2D eigenvalue weighted by Gasteiger charge is 2.25. The number of phenolic OH excluding ortho intramolecular Hbond substituents is 1. The minimum Gasteiger partial charge on any atom is -0.504 e. The zero-order chi connectivity index (χ0) is 16.1. The molecule has 1 aliphatic heterocycles. The molecule has 3 nitrogen and oxygen atoms in total. The maximum Gasteiger partial charge on any atom is 0.213 e. The molecular formula is C20H20NO2+. The van der Waals surface area contributed by atoms with Gasteiger partial charge in [-0.2, -0.15) is 4.57 Å². The van der Waals surface area contributed by atoms with Gasteiger partial charge in [0.05, 0.1) is 12.5 Å². The molecule has 1 aromatic heterocycles. The molecule has 1 N–H and O–H groups in total. The monoisotopic (exact) mass is 306 g/mol. The van der Waals surface area contributed by atoms with Gasteiger partial charge in [0.15, 0.2) is 24.2 Å². The minimum atomic E-state index is 0.214. The first-order valence-corrected chi connectivity index (χ1v) is 7.92. The molecule has 2 heterocycles. The van der Waals surface area contributed by atoms with Crippen molar-refractivity contribution >= 4 is 10.8 Å². The molecular weight excluding hydrogens is 286 g/mol. The van der Waals surface area contributed by atoms with Gasteiger partial charge in [-0.05, 0) is 54.1 Å². The van der Waals surface area contributed by atoms with Gasteiger partial charge < -0.3 is 9.84 Å². The Morgan fingerprint density at radius 3 is 2.65 bits per heavy atom. The Labute approximate surface area is 135 Å². The van der Waals surface area contributed by atoms with Crippen LogP contribution < -0.4 is 9.30 Å². The van der Waals surface area contributed by atoms with Crippen LogP contribution in [0, 0.1) is 13.8 Å². The Hall–Kier alpha value is -2.55. The third-order valence-corrected chi connectivity index (χ3v) is 4.94. The van der Waals surface area contributed by atoms with Crippen LogP contribution in [-0.4, -0.2) is 12.2 Å². The van der Waals surface area contributed by atoms with Gasteiger partial charge in [0.2, 0.25) is 5.69 Å². The average molecular weight is 306 g/mol. The Balaban J connectivity index is 2.00. The normalized spacial score (nSPS) is 12.8. The van der Waals surface area contributed by atoms with Crippen molar-refractivity contribution in [3.05, 3.63) is 53.2 Å². The highest BCUT2D eigenvalue weighted by molar-refractivity contribution is 5.91. The lowest BCUT2D eigenvalue weighted by Crippen LogP contribution is -2.40. The maximum absolute atomic E-state index is 10.4. The first kappa shape index (κ1) is 14.1. The average Bonchev–Trinajstić information content (AvgIpc) is 2.55. The fraction of sp³-hybridized carbons (Fsp3) is 0.250. The molecule has 0 aliphatic carbocycles. The van der Waals surface area contributed by atoms with E-state index in [0.29, 0.717) is 5.75 Å². The Kier molecular flexibility index (Phi) is 3.05. The second kappa shape index (κ2) is 4.98. The largest absolute Gasteiger partial charge is 0.504 e. The molecule has 0 saturated carbocycles. The van der Waals surface area contributed by atoms with Crippen molar-refractivity contribution in [1.82, 2.24) is 0 Å². The predicted molar refractivity (Wildman–Crippen MR) is 91.0 cm³/mol. The van der Waals surface area contributed by atoms with Crippen LogP contribution in [0.1, 0.15) is 16.7 Å². The number of aromatic hydroxyl groups is 1. The quantitative estimate of drug-likeness (QED) is 0.696. The molecule has 0 saturated heterocycles. The number of aromatic nitrogens is 1. The highest BCUT2D eigenvalue weighted by Crippen LogP contribution is 2.36. The molecule has 1 aliphatic rings. The fourth-order valence-electron chi connectivity index (χ4n) is 3.47. The van der Waals surface area contributed by atoms with E-state index in [4.69, 9.17) is 4.74 Å². The summed E-state index contributed by atoms with van der Waals surface area (Å²) < 4.78 is 7.46. The Morgan fingerprint density at radius 1 is 1.09 bits per heavy atom. The summed E-state index contributed by atoms with van der Waals surface area (Å²) in [6, 6.07) is 10.6. The topological polar surface area (TPSA) is 33.3 Å². The number of hydrogen-bond donors (Lipinski definition) is 1. The number of hydrogen-bond acceptors (Lipinski definition) is 2. The summed E-state index contributed by atoms with van der Waals surface area (Å²) in [5.41, 5.74) is 6.59. The number of aryl methyl sites for hydroxylation is 4. The molecule has 4 rings (SSSR count). The molecule has 0 atom stereocenters. The summed E-state index contributed by atoms with van der Waals surface area (Å²) >= 11 is 0. The third-order valence-electron chi connectivity index (χ3n) is 4.94. The molecule has 0 fully saturated rings. The van der Waals surface area contributed by atoms with Crippen LogP contribution in [0.4, 0.5) is 0 Å². The molecule has 3 heteroatoms. The second-order valence-electron chi connectivity index (χ2n) is 6.32. The van der Waals surface area contributed by atoms with Gasteiger partial charge >= 0.3 is 0 Å². The van der Waals surface area contributed by atoms with Crippen molar-refractivity contribution in [2.24, 2.45) is 0 Å². The zero-order valence-electron chi connectivity index (χ0n) is 13.7. The lowest BCUT2D eigenvalue weighted by molar-refractivity contribution is -0.686. The minimum absolute atomic E-state index is 0.214. The molecule has 0 unspecified atom stereocenters. The first-order valence-electron chi connectivity index (χ1n) is 7.92. The Bertz CT molecular complexity index is 944. The number of ether oxygens (including phenoxy) is 1. The summed E-state index contributed by atoms with van der Waals surface area (Å²) in [5, 5.41) is 12.3. The third kappa shape index (κ3) is 2.07. The number of rotatable bonds is 1. The van der Waals surface area contributed by atoms with Crippen molar-refractivity contribution in [3.8, 4) is 22.8 Å². The van der Waals surface area contributed by atoms with E-state index in [1.165, 1.54) is 27.9 Å². The second-order valence-corrected chi connectivity index (χ2v) is 6.32. The van der Waals surface area contributed by atoms with Crippen LogP contribution in [0.5, 0.6) is 11.5 Å². The van der Waals surface area contributed by atoms with Crippen LogP contribution in [0.2, 0.25) is 0 Å². The summed E-state index contributed by atoms with van der Waals surface area (Å²) in [4.78, 5) is 0. The SMILES string of the molecule is COc1ccc2cc3[n+](cc2c1O)CCc1cc(C)c(C)cc1-3. The predicted octanol–water partition coefficient (Wildman–Crippen LogP) is 3.68. The number of methoxy groups -OCH3 is 1. The lowest BCUT2D eigenvalue weighted by Gasteiger charge is -2.17. The summed E-state index contributed by atoms with van der Waals surface area (Å²) in [5.74, 6) is 0.729. The number of pyridine rings is 1. The van der Waals surface area contributed by atoms with Crippen LogP contribution in [0.15, 0.2) is 36.5 Å². The van der Waals surface area contributed by atoms with Crippen molar-refractivity contribution in [2.45, 2.75) is 26.8 Å². The van der Waals surface area contributed by atoms with E-state index in [0.717, 1.165) is 23.7 Å². The smallest absolute Gasteiger partial charge is 0.213 e. The van der Waals surface area contributed by atoms with E-state index in [9.17, 15) is 5.11 Å². The van der Waals surface area contributed by atoms with E-state index >= 15 is 0 Å². The van der Waals surface area contributed by atoms with Gasteiger partial charge in [-0.25, -0.2) is 0 Å². The van der Waals surface area contributed by atoms with Gasteiger partial charge in [-0.3, -0.25) is 0 Å². The van der Waals surface area contributed by atoms with Crippen LogP contribution in [-0.2, 0) is 13.0 Å². The van der Waals surface area contributed by atoms with Gasteiger partial charge in [0.25, 0.3) is 0 Å². The van der Waals surface area contributed by atoms with Crippen molar-refractivity contribution < 1.29 is 14.4 Å². The van der Waals surface area contributed by atoms with Gasteiger partial charge in [-0.1, -0.05) is 6.07 Å². The molecule has 0 spiro atoms. The van der Waals surface area contributed by atoms with Gasteiger partial charge in [-0.15, -0.1) is 0 Å². The van der Waals surface area contributed by atoms with Gasteiger partial charge in [0.1, 0.15) is 0 Å². The summed E-state index contributed by atoms with van der Waals surface area (Å²) in [6.45, 7) is 5.26. The number of benzene rings is 2. The zero-order valence-corrected chi connectivity index (χ0v) is 13.7.